The summed E-state index contributed by atoms with van der Waals surface area (Å²) in [6.45, 7) is 2.12. The minimum Gasteiger partial charge on any atom is -0.508 e. The maximum Gasteiger partial charge on any atom is 0.126 e. The second kappa shape index (κ2) is 8.36. The average molecular weight is 409 g/mol. The fourth-order valence-corrected chi connectivity index (χ4v) is 3.81. The zero-order chi connectivity index (χ0) is 20.4. The lowest BCUT2D eigenvalue weighted by molar-refractivity contribution is 0.412. The van der Waals surface area contributed by atoms with E-state index >= 15 is 0 Å². The van der Waals surface area contributed by atoms with Gasteiger partial charge in [-0.2, -0.15) is 0 Å². The van der Waals surface area contributed by atoms with Gasteiger partial charge in [0.25, 0.3) is 0 Å². The van der Waals surface area contributed by atoms with E-state index in [4.69, 9.17) is 16.6 Å². The Kier molecular flexibility index (Phi) is 5.65. The fourth-order valence-electron chi connectivity index (χ4n) is 3.63. The topological polar surface area (TPSA) is 44.6 Å². The van der Waals surface area contributed by atoms with Crippen molar-refractivity contribution in [3.63, 3.8) is 0 Å². The molecule has 4 rings (SSSR count). The monoisotopic (exact) mass is 408 g/mol. The van der Waals surface area contributed by atoms with Gasteiger partial charge in [-0.1, -0.05) is 54.9 Å². The summed E-state index contributed by atoms with van der Waals surface area (Å²) < 4.78 is 13.4. The molecule has 0 fully saturated rings. The summed E-state index contributed by atoms with van der Waals surface area (Å²) in [5.74, 6) is -0.0970. The summed E-state index contributed by atoms with van der Waals surface area (Å²) in [7, 11) is 0. The predicted octanol–water partition coefficient (Wildman–Crippen LogP) is 5.97. The molecular weight excluding hydrogens is 387 g/mol. The molecule has 0 spiro atoms. The van der Waals surface area contributed by atoms with E-state index < -0.39 is 0 Å². The maximum absolute atomic E-state index is 13.4. The minimum atomic E-state index is -0.353. The van der Waals surface area contributed by atoms with Gasteiger partial charge in [-0.15, -0.1) is 0 Å². The highest BCUT2D eigenvalue weighted by atomic mass is 35.5. The summed E-state index contributed by atoms with van der Waals surface area (Å²) in [6, 6.07) is 19.6. The first-order valence-electron chi connectivity index (χ1n) is 9.69. The first kappa shape index (κ1) is 19.6. The Labute approximate surface area is 174 Å². The second-order valence-corrected chi connectivity index (χ2v) is 7.64. The summed E-state index contributed by atoms with van der Waals surface area (Å²) in [4.78, 5) is 4.90. The van der Waals surface area contributed by atoms with Gasteiger partial charge in [-0.05, 0) is 53.4 Å². The van der Waals surface area contributed by atoms with Crippen LogP contribution in [0.1, 0.15) is 47.8 Å². The lowest BCUT2D eigenvalue weighted by atomic mass is 9.93. The highest BCUT2D eigenvalue weighted by Gasteiger charge is 2.27. The van der Waals surface area contributed by atoms with Crippen LogP contribution in [0, 0.1) is 5.82 Å². The average Bonchev–Trinajstić information content (AvgIpc) is 2.75. The molecule has 0 bridgehead atoms. The number of nitrogens with zero attached hydrogens (tertiary/aromatic N) is 1. The molecule has 148 valence electrons. The number of rotatable bonds is 4. The van der Waals surface area contributed by atoms with Gasteiger partial charge in [-0.25, -0.2) is 4.39 Å². The van der Waals surface area contributed by atoms with Crippen LogP contribution < -0.4 is 5.32 Å². The van der Waals surface area contributed by atoms with E-state index in [1.54, 1.807) is 30.3 Å². The molecule has 0 unspecified atom stereocenters. The normalized spacial score (nSPS) is 19.1. The summed E-state index contributed by atoms with van der Waals surface area (Å²) in [5, 5.41) is 14.4. The number of phenolic OH excluding ortho intramolecular Hbond substituents is 1. The quantitative estimate of drug-likeness (QED) is 0.558. The molecule has 29 heavy (non-hydrogen) atoms. The molecule has 1 heterocycles. The van der Waals surface area contributed by atoms with Crippen molar-refractivity contribution >= 4 is 17.3 Å². The number of phenols is 1. The van der Waals surface area contributed by atoms with Gasteiger partial charge in [0.1, 0.15) is 17.7 Å². The molecule has 0 saturated heterocycles. The van der Waals surface area contributed by atoms with Crippen molar-refractivity contribution < 1.29 is 9.50 Å². The van der Waals surface area contributed by atoms with Gasteiger partial charge >= 0.3 is 0 Å². The van der Waals surface area contributed by atoms with Crippen molar-refractivity contribution in [1.29, 1.82) is 0 Å². The number of aliphatic imine (C=N–C) groups is 1. The van der Waals surface area contributed by atoms with E-state index in [0.717, 1.165) is 28.8 Å². The Bertz CT molecular complexity index is 1030. The standard InChI is InChI=1S/C24H22ClFN2O/c1-2-15-3-5-16(6-4-15)21-14-22(20-13-18(25)9-12-23(20)29)28-24(27-21)17-7-10-19(26)11-8-17/h3-13,22,24,28-29H,2,14H2,1H3/t22-,24+/m1/s1. The van der Waals surface area contributed by atoms with E-state index in [9.17, 15) is 9.50 Å². The van der Waals surface area contributed by atoms with Crippen molar-refractivity contribution in [2.45, 2.75) is 32.0 Å². The third kappa shape index (κ3) is 4.34. The highest BCUT2D eigenvalue weighted by molar-refractivity contribution is 6.30. The molecule has 0 aliphatic carbocycles. The Morgan fingerprint density at radius 1 is 1.07 bits per heavy atom. The fraction of sp³-hybridized carbons (Fsp3) is 0.208. The van der Waals surface area contributed by atoms with Gasteiger partial charge in [0.05, 0.1) is 0 Å². The second-order valence-electron chi connectivity index (χ2n) is 7.21. The van der Waals surface area contributed by atoms with Crippen LogP contribution in [-0.2, 0) is 6.42 Å². The van der Waals surface area contributed by atoms with Gasteiger partial charge < -0.3 is 5.11 Å². The number of nitrogens with one attached hydrogen (secondary N) is 1. The molecular formula is C24H22ClFN2O. The number of hydrogen-bond acceptors (Lipinski definition) is 3. The van der Waals surface area contributed by atoms with Crippen LogP contribution in [0.15, 0.2) is 71.7 Å². The zero-order valence-corrected chi connectivity index (χ0v) is 16.8. The van der Waals surface area contributed by atoms with E-state index in [0.29, 0.717) is 11.4 Å². The van der Waals surface area contributed by atoms with Crippen LogP contribution in [-0.4, -0.2) is 10.8 Å². The van der Waals surface area contributed by atoms with Crippen LogP contribution >= 0.6 is 11.6 Å². The number of halogens is 2. The van der Waals surface area contributed by atoms with Crippen LogP contribution in [0.2, 0.25) is 5.02 Å². The molecule has 3 nitrogen and oxygen atoms in total. The van der Waals surface area contributed by atoms with Crippen LogP contribution in [0.25, 0.3) is 0 Å². The molecule has 1 aliphatic heterocycles. The molecule has 0 aromatic heterocycles. The molecule has 5 heteroatoms. The first-order valence-corrected chi connectivity index (χ1v) is 10.1. The third-order valence-corrected chi connectivity index (χ3v) is 5.52. The lowest BCUT2D eigenvalue weighted by Gasteiger charge is -2.31. The lowest BCUT2D eigenvalue weighted by Crippen LogP contribution is -2.33. The largest absolute Gasteiger partial charge is 0.508 e. The Balaban J connectivity index is 1.75. The van der Waals surface area contributed by atoms with Crippen molar-refractivity contribution in [2.24, 2.45) is 4.99 Å². The first-order chi connectivity index (χ1) is 14.0. The van der Waals surface area contributed by atoms with Gasteiger partial charge in [0.15, 0.2) is 0 Å². The van der Waals surface area contributed by atoms with E-state index in [1.807, 2.05) is 0 Å². The molecule has 0 radical (unpaired) electrons. The highest BCUT2D eigenvalue weighted by Crippen LogP contribution is 2.35. The van der Waals surface area contributed by atoms with Crippen LogP contribution in [0.5, 0.6) is 5.75 Å². The maximum atomic E-state index is 13.4. The van der Waals surface area contributed by atoms with E-state index in [1.165, 1.54) is 17.7 Å². The van der Waals surface area contributed by atoms with Crippen molar-refractivity contribution in [1.82, 2.24) is 5.32 Å². The summed E-state index contributed by atoms with van der Waals surface area (Å²) >= 11 is 6.18. The van der Waals surface area contributed by atoms with E-state index in [2.05, 4.69) is 36.5 Å². The van der Waals surface area contributed by atoms with Crippen molar-refractivity contribution in [3.05, 3.63) is 99.8 Å². The minimum absolute atomic E-state index is 0.179. The molecule has 2 atom stereocenters. The summed E-state index contributed by atoms with van der Waals surface area (Å²) in [5.41, 5.74) is 4.83. The van der Waals surface area contributed by atoms with E-state index in [-0.39, 0.29) is 23.8 Å². The number of benzene rings is 3. The van der Waals surface area contributed by atoms with Gasteiger partial charge in [-0.3, -0.25) is 10.3 Å². The van der Waals surface area contributed by atoms with Gasteiger partial charge in [0, 0.05) is 28.8 Å². The summed E-state index contributed by atoms with van der Waals surface area (Å²) in [6.07, 6.45) is 1.23. The molecule has 0 saturated carbocycles. The zero-order valence-electron chi connectivity index (χ0n) is 16.1. The number of aromatic hydroxyl groups is 1. The Morgan fingerprint density at radius 2 is 1.79 bits per heavy atom. The van der Waals surface area contributed by atoms with Crippen molar-refractivity contribution in [3.8, 4) is 5.75 Å². The molecule has 2 N–H and O–H groups in total. The Hall–Kier alpha value is -2.69. The smallest absolute Gasteiger partial charge is 0.126 e. The van der Waals surface area contributed by atoms with Gasteiger partial charge in [0.2, 0.25) is 0 Å². The van der Waals surface area contributed by atoms with Crippen LogP contribution in [0.3, 0.4) is 0 Å². The third-order valence-electron chi connectivity index (χ3n) is 5.29. The molecule has 1 aliphatic rings. The molecule has 3 aromatic carbocycles. The Morgan fingerprint density at radius 3 is 2.48 bits per heavy atom. The number of aryl methyl sites for hydroxylation is 1. The predicted molar refractivity (Wildman–Crippen MR) is 115 cm³/mol. The van der Waals surface area contributed by atoms with Crippen molar-refractivity contribution in [2.75, 3.05) is 0 Å². The molecule has 3 aromatic rings. The number of hydrogen-bond donors (Lipinski definition) is 2. The molecule has 0 amide bonds. The SMILES string of the molecule is CCc1ccc(C2=N[C@H](c3ccc(F)cc3)N[C@@H](c3cc(Cl)ccc3O)C2)cc1. The van der Waals surface area contributed by atoms with Crippen LogP contribution in [0.4, 0.5) is 4.39 Å².